The van der Waals surface area contributed by atoms with Crippen LogP contribution in [0, 0.1) is 6.20 Å². The Balaban J connectivity index is 2.53. The van der Waals surface area contributed by atoms with Crippen LogP contribution in [0.1, 0.15) is 0 Å². The van der Waals surface area contributed by atoms with Gasteiger partial charge in [0.2, 0.25) is 5.88 Å². The zero-order valence-corrected chi connectivity index (χ0v) is 9.02. The maximum absolute atomic E-state index is 5.13. The van der Waals surface area contributed by atoms with Crippen LogP contribution in [0.3, 0.4) is 0 Å². The molecule has 71 valence electrons. The molecule has 0 fully saturated rings. The van der Waals surface area contributed by atoms with Crippen molar-refractivity contribution in [3.05, 3.63) is 35.2 Å². The zero-order valence-electron chi connectivity index (χ0n) is 7.44. The molecular formula is C9H7BrN3O. The first-order chi connectivity index (χ1) is 6.81. The first-order valence-electron chi connectivity index (χ1n) is 3.94. The second-order valence-electron chi connectivity index (χ2n) is 2.55. The van der Waals surface area contributed by atoms with Gasteiger partial charge in [-0.15, -0.1) is 0 Å². The standard InChI is InChI=1S/C9H7BrN3O/c1-14-9-7(3-4-8(10)12-9)13-6-2-5-11-13/h2-4,6H,1H3. The Bertz CT molecular complexity index is 428. The Hall–Kier alpha value is -1.36. The van der Waals surface area contributed by atoms with Crippen LogP contribution in [0.5, 0.6) is 5.88 Å². The summed E-state index contributed by atoms with van der Waals surface area (Å²) in [6.45, 7) is 0. The molecule has 0 aliphatic rings. The molecule has 0 aliphatic carbocycles. The fraction of sp³-hybridized carbons (Fsp3) is 0.111. The average Bonchev–Trinajstić information content (AvgIpc) is 2.70. The zero-order chi connectivity index (χ0) is 9.97. The third-order valence-electron chi connectivity index (χ3n) is 1.70. The van der Waals surface area contributed by atoms with Gasteiger partial charge in [-0.25, -0.2) is 9.67 Å². The van der Waals surface area contributed by atoms with Gasteiger partial charge in [0.1, 0.15) is 16.5 Å². The number of halogens is 1. The Kier molecular flexibility index (Phi) is 2.49. The molecule has 0 bridgehead atoms. The molecule has 2 aromatic heterocycles. The number of nitrogens with zero attached hydrogens (tertiary/aromatic N) is 3. The van der Waals surface area contributed by atoms with Crippen molar-refractivity contribution in [3.63, 3.8) is 0 Å². The number of aromatic nitrogens is 3. The SMILES string of the molecule is COc1nc(Br)ccc1-n1cc[c]n1. The molecular weight excluding hydrogens is 246 g/mol. The topological polar surface area (TPSA) is 39.9 Å². The smallest absolute Gasteiger partial charge is 0.240 e. The third-order valence-corrected chi connectivity index (χ3v) is 2.14. The van der Waals surface area contributed by atoms with Gasteiger partial charge in [-0.05, 0) is 34.1 Å². The van der Waals surface area contributed by atoms with Crippen molar-refractivity contribution >= 4 is 15.9 Å². The molecule has 2 rings (SSSR count). The summed E-state index contributed by atoms with van der Waals surface area (Å²) in [5, 5.41) is 3.98. The highest BCUT2D eigenvalue weighted by Gasteiger charge is 2.06. The summed E-state index contributed by atoms with van der Waals surface area (Å²) in [5.41, 5.74) is 0.789. The second-order valence-corrected chi connectivity index (χ2v) is 3.36. The summed E-state index contributed by atoms with van der Waals surface area (Å²) in [5.74, 6) is 0.525. The summed E-state index contributed by atoms with van der Waals surface area (Å²) in [6.07, 6.45) is 4.50. The van der Waals surface area contributed by atoms with Gasteiger partial charge in [0.05, 0.1) is 7.11 Å². The van der Waals surface area contributed by atoms with E-state index in [2.05, 4.69) is 32.2 Å². The van der Waals surface area contributed by atoms with E-state index in [-0.39, 0.29) is 0 Å². The first kappa shape index (κ1) is 9.21. The van der Waals surface area contributed by atoms with E-state index in [1.54, 1.807) is 24.1 Å². The van der Waals surface area contributed by atoms with Crippen LogP contribution in [0.4, 0.5) is 0 Å². The van der Waals surface area contributed by atoms with Gasteiger partial charge in [-0.3, -0.25) is 0 Å². The van der Waals surface area contributed by atoms with E-state index in [0.29, 0.717) is 5.88 Å². The molecule has 2 heterocycles. The molecule has 0 aromatic carbocycles. The van der Waals surface area contributed by atoms with E-state index in [1.807, 2.05) is 12.1 Å². The lowest BCUT2D eigenvalue weighted by molar-refractivity contribution is 0.394. The molecule has 0 amide bonds. The summed E-state index contributed by atoms with van der Waals surface area (Å²) < 4.78 is 7.52. The predicted octanol–water partition coefficient (Wildman–Crippen LogP) is 1.84. The van der Waals surface area contributed by atoms with E-state index < -0.39 is 0 Å². The maximum atomic E-state index is 5.13. The molecule has 0 N–H and O–H groups in total. The van der Waals surface area contributed by atoms with Crippen molar-refractivity contribution in [1.82, 2.24) is 14.8 Å². The lowest BCUT2D eigenvalue weighted by Gasteiger charge is -2.06. The highest BCUT2D eigenvalue weighted by molar-refractivity contribution is 9.10. The first-order valence-corrected chi connectivity index (χ1v) is 4.73. The lowest BCUT2D eigenvalue weighted by Crippen LogP contribution is -2.00. The normalized spacial score (nSPS) is 10.1. The van der Waals surface area contributed by atoms with Gasteiger partial charge >= 0.3 is 0 Å². The fourth-order valence-corrected chi connectivity index (χ4v) is 1.40. The third kappa shape index (κ3) is 1.63. The number of hydrogen-bond acceptors (Lipinski definition) is 3. The van der Waals surface area contributed by atoms with Crippen LogP contribution >= 0.6 is 15.9 Å². The molecule has 2 aromatic rings. The summed E-state index contributed by atoms with van der Waals surface area (Å²) in [4.78, 5) is 4.17. The Morgan fingerprint density at radius 1 is 1.50 bits per heavy atom. The minimum Gasteiger partial charge on any atom is -0.479 e. The summed E-state index contributed by atoms with van der Waals surface area (Å²) in [7, 11) is 1.57. The molecule has 0 saturated carbocycles. The minimum absolute atomic E-state index is 0.525. The van der Waals surface area contributed by atoms with Crippen LogP contribution in [0.25, 0.3) is 5.69 Å². The molecule has 0 aliphatic heterocycles. The summed E-state index contributed by atoms with van der Waals surface area (Å²) in [6, 6.07) is 5.43. The van der Waals surface area contributed by atoms with Gasteiger partial charge in [0, 0.05) is 6.20 Å². The van der Waals surface area contributed by atoms with E-state index in [4.69, 9.17) is 4.74 Å². The van der Waals surface area contributed by atoms with E-state index in [1.165, 1.54) is 0 Å². The van der Waals surface area contributed by atoms with Crippen molar-refractivity contribution in [2.24, 2.45) is 0 Å². The van der Waals surface area contributed by atoms with Crippen molar-refractivity contribution in [2.75, 3.05) is 7.11 Å². The van der Waals surface area contributed by atoms with E-state index >= 15 is 0 Å². The van der Waals surface area contributed by atoms with Gasteiger partial charge < -0.3 is 4.74 Å². The second kappa shape index (κ2) is 3.79. The molecule has 14 heavy (non-hydrogen) atoms. The minimum atomic E-state index is 0.525. The van der Waals surface area contributed by atoms with E-state index in [0.717, 1.165) is 10.3 Å². The van der Waals surface area contributed by atoms with Crippen molar-refractivity contribution in [1.29, 1.82) is 0 Å². The number of ether oxygens (including phenoxy) is 1. The molecule has 0 unspecified atom stereocenters. The highest BCUT2D eigenvalue weighted by Crippen LogP contribution is 2.21. The number of methoxy groups -OCH3 is 1. The molecule has 0 atom stereocenters. The Labute approximate surface area is 89.7 Å². The molecule has 1 radical (unpaired) electrons. The van der Waals surface area contributed by atoms with Crippen molar-refractivity contribution in [2.45, 2.75) is 0 Å². The fourth-order valence-electron chi connectivity index (χ4n) is 1.10. The molecule has 0 saturated heterocycles. The van der Waals surface area contributed by atoms with Crippen LogP contribution in [-0.4, -0.2) is 21.9 Å². The van der Waals surface area contributed by atoms with Crippen LogP contribution < -0.4 is 4.74 Å². The number of hydrogen-bond donors (Lipinski definition) is 0. The number of pyridine rings is 1. The molecule has 4 nitrogen and oxygen atoms in total. The quantitative estimate of drug-likeness (QED) is 0.766. The number of rotatable bonds is 2. The van der Waals surface area contributed by atoms with Gasteiger partial charge in [-0.1, -0.05) is 0 Å². The highest BCUT2D eigenvalue weighted by atomic mass is 79.9. The average molecular weight is 253 g/mol. The largest absolute Gasteiger partial charge is 0.479 e. The Morgan fingerprint density at radius 2 is 2.36 bits per heavy atom. The predicted molar refractivity (Wildman–Crippen MR) is 54.4 cm³/mol. The lowest BCUT2D eigenvalue weighted by atomic mass is 10.4. The van der Waals surface area contributed by atoms with Gasteiger partial charge in [-0.2, -0.15) is 5.10 Å². The van der Waals surface area contributed by atoms with Crippen molar-refractivity contribution < 1.29 is 4.74 Å². The molecule has 5 heteroatoms. The maximum Gasteiger partial charge on any atom is 0.240 e. The summed E-state index contributed by atoms with van der Waals surface area (Å²) >= 11 is 3.27. The Morgan fingerprint density at radius 3 is 3.00 bits per heavy atom. The van der Waals surface area contributed by atoms with E-state index in [9.17, 15) is 0 Å². The van der Waals surface area contributed by atoms with Gasteiger partial charge in [0.15, 0.2) is 0 Å². The van der Waals surface area contributed by atoms with Crippen LogP contribution in [0.2, 0.25) is 0 Å². The van der Waals surface area contributed by atoms with Gasteiger partial charge in [0.25, 0.3) is 0 Å². The molecule has 0 spiro atoms. The van der Waals surface area contributed by atoms with Crippen LogP contribution in [0.15, 0.2) is 29.0 Å². The van der Waals surface area contributed by atoms with Crippen LogP contribution in [-0.2, 0) is 0 Å². The van der Waals surface area contributed by atoms with Crippen molar-refractivity contribution in [3.8, 4) is 11.6 Å². The monoisotopic (exact) mass is 252 g/mol.